The molecule has 1 amide bonds. The molecule has 2 aromatic carbocycles. The largest absolute Gasteiger partial charge is 0.507 e. The van der Waals surface area contributed by atoms with Crippen LogP contribution < -0.4 is 14.4 Å². The molecule has 2 heterocycles. The zero-order valence-corrected chi connectivity index (χ0v) is 23.3. The predicted molar refractivity (Wildman–Crippen MR) is 152 cm³/mol. The average Bonchev–Trinajstić information content (AvgIpc) is 3.48. The molecule has 0 spiro atoms. The lowest BCUT2D eigenvalue weighted by atomic mass is 9.95. The van der Waals surface area contributed by atoms with Gasteiger partial charge in [0.2, 0.25) is 0 Å². The van der Waals surface area contributed by atoms with Crippen molar-refractivity contribution in [3.05, 3.63) is 88.5 Å². The number of carbonyl (C=O) groups is 3. The number of ether oxygens (including phenoxy) is 3. The first-order valence-corrected chi connectivity index (χ1v) is 13.6. The highest BCUT2D eigenvalue weighted by Gasteiger charge is 2.48. The first-order chi connectivity index (χ1) is 19.3. The van der Waals surface area contributed by atoms with Gasteiger partial charge in [-0.1, -0.05) is 49.5 Å². The summed E-state index contributed by atoms with van der Waals surface area (Å²) in [7, 11) is 1.25. The first kappa shape index (κ1) is 28.6. The van der Waals surface area contributed by atoms with Gasteiger partial charge in [0.05, 0.1) is 31.0 Å². The van der Waals surface area contributed by atoms with Gasteiger partial charge in [0.25, 0.3) is 5.78 Å². The highest BCUT2D eigenvalue weighted by molar-refractivity contribution is 7.17. The highest BCUT2D eigenvalue weighted by atomic mass is 32.1. The van der Waals surface area contributed by atoms with E-state index in [1.165, 1.54) is 12.0 Å². The van der Waals surface area contributed by atoms with E-state index in [2.05, 4.69) is 18.5 Å². The minimum Gasteiger partial charge on any atom is -0.507 e. The molecule has 1 aromatic heterocycles. The van der Waals surface area contributed by atoms with E-state index in [-0.39, 0.29) is 21.3 Å². The third-order valence-corrected chi connectivity index (χ3v) is 7.40. The monoisotopic (exact) mass is 562 g/mol. The van der Waals surface area contributed by atoms with Gasteiger partial charge < -0.3 is 19.3 Å². The number of hydrogen-bond donors (Lipinski definition) is 1. The molecule has 1 atom stereocenters. The number of rotatable bonds is 11. The number of esters is 1. The minimum absolute atomic E-state index is 0.100. The van der Waals surface area contributed by atoms with E-state index in [9.17, 15) is 19.5 Å². The van der Waals surface area contributed by atoms with E-state index >= 15 is 0 Å². The van der Waals surface area contributed by atoms with Crippen LogP contribution in [0.15, 0.2) is 66.8 Å². The van der Waals surface area contributed by atoms with Crippen LogP contribution in [0.1, 0.15) is 52.3 Å². The molecule has 9 nitrogen and oxygen atoms in total. The number of methoxy groups -OCH3 is 1. The highest BCUT2D eigenvalue weighted by Crippen LogP contribution is 2.44. The lowest BCUT2D eigenvalue weighted by Gasteiger charge is -2.23. The Balaban J connectivity index is 1.81. The summed E-state index contributed by atoms with van der Waals surface area (Å²) in [6.07, 6.45) is 3.53. The summed E-state index contributed by atoms with van der Waals surface area (Å²) < 4.78 is 16.1. The van der Waals surface area contributed by atoms with E-state index in [1.807, 2.05) is 0 Å². The van der Waals surface area contributed by atoms with Crippen LogP contribution in [0.25, 0.3) is 5.76 Å². The van der Waals surface area contributed by atoms with Crippen molar-refractivity contribution in [2.45, 2.75) is 32.7 Å². The number of unbranched alkanes of at least 4 members (excludes halogenated alkanes) is 1. The summed E-state index contributed by atoms with van der Waals surface area (Å²) >= 11 is 0.940. The molecule has 208 valence electrons. The lowest BCUT2D eigenvalue weighted by Crippen LogP contribution is -2.29. The maximum Gasteiger partial charge on any atom is 0.350 e. The standard InChI is InChI=1S/C30H30N2O7S/c1-5-7-17-39-22-14-10-20(11-15-22)25(33)23-24(19-8-12-21(13-9-19)38-16-6-2)32(28(35)26(23)34)30-31-18(3)27(40-30)29(36)37-4/h6,8-15,24,33H,2,5,7,16-17H2,1,3-4H3/t24-/m1/s1. The summed E-state index contributed by atoms with van der Waals surface area (Å²) in [5, 5.41) is 11.5. The van der Waals surface area contributed by atoms with Crippen LogP contribution in [0, 0.1) is 6.92 Å². The van der Waals surface area contributed by atoms with Gasteiger partial charge in [-0.15, -0.1) is 0 Å². The third kappa shape index (κ3) is 5.76. The molecule has 1 aliphatic rings. The molecule has 10 heteroatoms. The van der Waals surface area contributed by atoms with Crippen LogP contribution in [0.3, 0.4) is 0 Å². The molecule has 0 saturated carbocycles. The number of hydrogen-bond acceptors (Lipinski definition) is 9. The van der Waals surface area contributed by atoms with Crippen molar-refractivity contribution in [2.75, 3.05) is 25.2 Å². The fourth-order valence-corrected chi connectivity index (χ4v) is 5.22. The molecule has 0 radical (unpaired) electrons. The molecule has 0 aliphatic carbocycles. The summed E-state index contributed by atoms with van der Waals surface area (Å²) in [6, 6.07) is 12.5. The number of aliphatic hydroxyl groups is 1. The van der Waals surface area contributed by atoms with Crippen LogP contribution in [-0.2, 0) is 14.3 Å². The van der Waals surface area contributed by atoms with Crippen molar-refractivity contribution in [1.82, 2.24) is 4.98 Å². The number of Topliss-reactive ketones (excluding diaryl/α,β-unsaturated/α-hetero) is 1. The van der Waals surface area contributed by atoms with Gasteiger partial charge in [0, 0.05) is 5.56 Å². The van der Waals surface area contributed by atoms with Crippen LogP contribution in [0.5, 0.6) is 11.5 Å². The molecular formula is C30H30N2O7S. The van der Waals surface area contributed by atoms with E-state index in [0.29, 0.717) is 41.5 Å². The summed E-state index contributed by atoms with van der Waals surface area (Å²) in [5.41, 5.74) is 1.15. The Morgan fingerprint density at radius 1 is 1.10 bits per heavy atom. The van der Waals surface area contributed by atoms with E-state index in [0.717, 1.165) is 24.2 Å². The molecular weight excluding hydrogens is 532 g/mol. The topological polar surface area (TPSA) is 115 Å². The molecule has 1 saturated heterocycles. The van der Waals surface area contributed by atoms with Crippen molar-refractivity contribution < 1.29 is 33.7 Å². The molecule has 3 aromatic rings. The van der Waals surface area contributed by atoms with Gasteiger partial charge in [-0.2, -0.15) is 0 Å². The van der Waals surface area contributed by atoms with Crippen LogP contribution >= 0.6 is 11.3 Å². The SMILES string of the molecule is C=CCOc1ccc([C@@H]2C(=C(O)c3ccc(OCCCC)cc3)C(=O)C(=O)N2c2nc(C)c(C(=O)OC)s2)cc1. The zero-order valence-electron chi connectivity index (χ0n) is 22.5. The molecule has 4 rings (SSSR count). The van der Waals surface area contributed by atoms with Crippen molar-refractivity contribution >= 4 is 39.9 Å². The fourth-order valence-electron chi connectivity index (χ4n) is 4.21. The maximum atomic E-state index is 13.4. The Morgan fingerprint density at radius 3 is 2.38 bits per heavy atom. The number of amides is 1. The van der Waals surface area contributed by atoms with Gasteiger partial charge in [-0.25, -0.2) is 9.78 Å². The number of carbonyl (C=O) groups excluding carboxylic acids is 3. The number of aromatic nitrogens is 1. The van der Waals surface area contributed by atoms with Crippen molar-refractivity contribution in [1.29, 1.82) is 0 Å². The Morgan fingerprint density at radius 2 is 1.75 bits per heavy atom. The zero-order chi connectivity index (χ0) is 28.8. The van der Waals surface area contributed by atoms with E-state index < -0.39 is 23.7 Å². The van der Waals surface area contributed by atoms with Crippen LogP contribution in [0.2, 0.25) is 0 Å². The van der Waals surface area contributed by atoms with Gasteiger partial charge in [-0.05, 0) is 55.3 Å². The number of aryl methyl sites for hydroxylation is 1. The quantitative estimate of drug-likeness (QED) is 0.0801. The molecule has 0 bridgehead atoms. The minimum atomic E-state index is -1.01. The third-order valence-electron chi connectivity index (χ3n) is 6.26. The Bertz CT molecular complexity index is 1440. The van der Waals surface area contributed by atoms with Crippen LogP contribution in [-0.4, -0.2) is 48.1 Å². The van der Waals surface area contributed by atoms with Crippen molar-refractivity contribution in [3.8, 4) is 11.5 Å². The molecule has 1 N–H and O–H groups in total. The summed E-state index contributed by atoms with van der Waals surface area (Å²) in [6.45, 7) is 8.21. The Hall–Kier alpha value is -4.44. The lowest BCUT2D eigenvalue weighted by molar-refractivity contribution is -0.132. The van der Waals surface area contributed by atoms with Crippen molar-refractivity contribution in [3.63, 3.8) is 0 Å². The second-order valence-electron chi connectivity index (χ2n) is 8.97. The predicted octanol–water partition coefficient (Wildman–Crippen LogP) is 5.61. The number of aliphatic hydroxyl groups excluding tert-OH is 1. The second-order valence-corrected chi connectivity index (χ2v) is 9.94. The van der Waals surface area contributed by atoms with E-state index in [4.69, 9.17) is 14.2 Å². The van der Waals surface area contributed by atoms with Gasteiger partial charge in [0.15, 0.2) is 5.13 Å². The summed E-state index contributed by atoms with van der Waals surface area (Å²) in [4.78, 5) is 44.9. The van der Waals surface area contributed by atoms with Crippen molar-refractivity contribution in [2.24, 2.45) is 0 Å². The number of anilines is 1. The first-order valence-electron chi connectivity index (χ1n) is 12.7. The van der Waals surface area contributed by atoms with Gasteiger partial charge in [-0.3, -0.25) is 14.5 Å². The number of nitrogens with zero attached hydrogens (tertiary/aromatic N) is 2. The molecule has 1 aliphatic heterocycles. The fraction of sp³-hybridized carbons (Fsp3) is 0.267. The Kier molecular flexibility index (Phi) is 9.00. The van der Waals surface area contributed by atoms with Gasteiger partial charge >= 0.3 is 11.9 Å². The number of benzene rings is 2. The van der Waals surface area contributed by atoms with Crippen LogP contribution in [0.4, 0.5) is 5.13 Å². The summed E-state index contributed by atoms with van der Waals surface area (Å²) in [5.74, 6) is -1.48. The average molecular weight is 563 g/mol. The number of ketones is 1. The van der Waals surface area contributed by atoms with Gasteiger partial charge in [0.1, 0.15) is 28.7 Å². The van der Waals surface area contributed by atoms with E-state index in [1.54, 1.807) is 61.5 Å². The smallest absolute Gasteiger partial charge is 0.350 e. The second kappa shape index (κ2) is 12.6. The molecule has 40 heavy (non-hydrogen) atoms. The molecule has 0 unspecified atom stereocenters. The number of thiazole rings is 1. The Labute approximate surface area is 236 Å². The molecule has 1 fully saturated rings. The normalized spacial score (nSPS) is 16.2. The maximum absolute atomic E-state index is 13.4.